The summed E-state index contributed by atoms with van der Waals surface area (Å²) in [6.07, 6.45) is 0.472. The van der Waals surface area contributed by atoms with Crippen LogP contribution in [-0.2, 0) is 16.0 Å². The number of phenols is 1. The van der Waals surface area contributed by atoms with Gasteiger partial charge in [0.15, 0.2) is 11.5 Å². The molecule has 0 aliphatic carbocycles. The minimum Gasteiger partial charge on any atom is -0.504 e. The van der Waals surface area contributed by atoms with E-state index in [1.807, 2.05) is 24.3 Å². The number of carbonyl (C=O) groups is 2. The summed E-state index contributed by atoms with van der Waals surface area (Å²) in [6.45, 7) is 0.0522. The molecule has 2 amide bonds. The minimum absolute atomic E-state index is 0.0289. The maximum absolute atomic E-state index is 13.1. The van der Waals surface area contributed by atoms with E-state index in [4.69, 9.17) is 4.74 Å². The molecule has 1 fully saturated rings. The van der Waals surface area contributed by atoms with Crippen molar-refractivity contribution < 1.29 is 19.4 Å². The molecule has 7 nitrogen and oxygen atoms in total. The Kier molecular flexibility index (Phi) is 3.81. The molecule has 2 atom stereocenters. The Balaban J connectivity index is 1.76. The second-order valence-corrected chi connectivity index (χ2v) is 7.61. The van der Waals surface area contributed by atoms with E-state index in [9.17, 15) is 14.7 Å². The van der Waals surface area contributed by atoms with Crippen molar-refractivity contribution in [2.24, 2.45) is 0 Å². The molecule has 0 radical (unpaired) electrons. The normalized spacial score (nSPS) is 21.3. The van der Waals surface area contributed by atoms with E-state index in [0.29, 0.717) is 12.2 Å². The Bertz CT molecular complexity index is 1150. The lowest BCUT2D eigenvalue weighted by atomic mass is 9.86. The van der Waals surface area contributed by atoms with Crippen molar-refractivity contribution in [2.75, 3.05) is 20.7 Å². The average Bonchev–Trinajstić information content (AvgIpc) is 3.09. The molecule has 2 N–H and O–H groups in total. The largest absolute Gasteiger partial charge is 0.504 e. The van der Waals surface area contributed by atoms with Gasteiger partial charge in [-0.3, -0.25) is 9.59 Å². The van der Waals surface area contributed by atoms with Gasteiger partial charge in [-0.1, -0.05) is 24.3 Å². The number of hydrogen-bond acceptors (Lipinski definition) is 4. The molecule has 1 aromatic heterocycles. The van der Waals surface area contributed by atoms with Crippen LogP contribution in [0.1, 0.15) is 22.9 Å². The van der Waals surface area contributed by atoms with Gasteiger partial charge in [-0.05, 0) is 29.3 Å². The number of nitrogens with one attached hydrogen (secondary N) is 1. The van der Waals surface area contributed by atoms with Crippen LogP contribution in [0, 0.1) is 0 Å². The van der Waals surface area contributed by atoms with Crippen molar-refractivity contribution in [1.82, 2.24) is 14.8 Å². The van der Waals surface area contributed by atoms with E-state index in [0.717, 1.165) is 27.7 Å². The number of aromatic amines is 1. The first-order chi connectivity index (χ1) is 14.0. The highest BCUT2D eigenvalue weighted by molar-refractivity contribution is 5.97. The Labute approximate surface area is 167 Å². The molecule has 2 aliphatic rings. The number of amides is 2. The molecule has 5 rings (SSSR count). The first kappa shape index (κ1) is 17.6. The fraction of sp³-hybridized carbons (Fsp3) is 0.273. The third kappa shape index (κ3) is 2.50. The number of aromatic hydroxyl groups is 1. The number of rotatable bonds is 2. The molecule has 0 bridgehead atoms. The van der Waals surface area contributed by atoms with Crippen molar-refractivity contribution in [1.29, 1.82) is 0 Å². The lowest BCUT2D eigenvalue weighted by Crippen LogP contribution is -2.62. The number of methoxy groups -OCH3 is 1. The second kappa shape index (κ2) is 6.27. The summed E-state index contributed by atoms with van der Waals surface area (Å²) in [4.78, 5) is 32.7. The Morgan fingerprint density at radius 2 is 1.97 bits per heavy atom. The van der Waals surface area contributed by atoms with Crippen molar-refractivity contribution in [3.8, 4) is 11.5 Å². The number of para-hydroxylation sites is 1. The van der Waals surface area contributed by atoms with E-state index in [1.54, 1.807) is 30.1 Å². The van der Waals surface area contributed by atoms with Crippen LogP contribution in [0.25, 0.3) is 10.9 Å². The zero-order chi connectivity index (χ0) is 20.3. The SMILES string of the molecule is COc1cc([C@H]2c3[nH]c4ccccc4c3C[C@H]3C(=O)N(C)CC(=O)N23)ccc1O. The van der Waals surface area contributed by atoms with Crippen LogP contribution in [0.5, 0.6) is 11.5 Å². The summed E-state index contributed by atoms with van der Waals surface area (Å²) < 4.78 is 5.29. The number of aromatic nitrogens is 1. The number of fused-ring (bicyclic) bond motifs is 4. The smallest absolute Gasteiger partial charge is 0.245 e. The average molecular weight is 391 g/mol. The summed E-state index contributed by atoms with van der Waals surface area (Å²) >= 11 is 0. The zero-order valence-electron chi connectivity index (χ0n) is 16.2. The molecule has 0 saturated carbocycles. The number of nitrogens with zero attached hydrogens (tertiary/aromatic N) is 2. The van der Waals surface area contributed by atoms with E-state index in [1.165, 1.54) is 12.0 Å². The van der Waals surface area contributed by atoms with Crippen LogP contribution in [0.3, 0.4) is 0 Å². The van der Waals surface area contributed by atoms with E-state index in [-0.39, 0.29) is 24.1 Å². The highest BCUT2D eigenvalue weighted by Gasteiger charge is 2.47. The molecule has 0 spiro atoms. The third-order valence-corrected chi connectivity index (χ3v) is 5.97. The van der Waals surface area contributed by atoms with Crippen LogP contribution in [0.2, 0.25) is 0 Å². The lowest BCUT2D eigenvalue weighted by Gasteiger charge is -2.46. The first-order valence-corrected chi connectivity index (χ1v) is 9.52. The predicted octanol–water partition coefficient (Wildman–Crippen LogP) is 2.20. The van der Waals surface area contributed by atoms with Crippen molar-refractivity contribution in [3.63, 3.8) is 0 Å². The summed E-state index contributed by atoms with van der Waals surface area (Å²) in [7, 11) is 3.16. The number of carbonyl (C=O) groups excluding carboxylic acids is 2. The van der Waals surface area contributed by atoms with Crippen molar-refractivity contribution in [3.05, 3.63) is 59.3 Å². The molecule has 0 unspecified atom stereocenters. The molecule has 2 aliphatic heterocycles. The molecule has 3 aromatic rings. The van der Waals surface area contributed by atoms with Gasteiger partial charge in [0.2, 0.25) is 11.8 Å². The topological polar surface area (TPSA) is 85.9 Å². The molecule has 1 saturated heterocycles. The van der Waals surface area contributed by atoms with Gasteiger partial charge in [0.05, 0.1) is 19.7 Å². The van der Waals surface area contributed by atoms with Gasteiger partial charge in [-0.25, -0.2) is 0 Å². The van der Waals surface area contributed by atoms with Gasteiger partial charge in [-0.15, -0.1) is 0 Å². The van der Waals surface area contributed by atoms with Crippen molar-refractivity contribution in [2.45, 2.75) is 18.5 Å². The summed E-state index contributed by atoms with van der Waals surface area (Å²) in [5, 5.41) is 11.1. The molecule has 2 aromatic carbocycles. The Morgan fingerprint density at radius 1 is 1.17 bits per heavy atom. The number of piperazine rings is 1. The number of hydrogen-bond donors (Lipinski definition) is 2. The van der Waals surface area contributed by atoms with Gasteiger partial charge < -0.3 is 24.6 Å². The first-order valence-electron chi connectivity index (χ1n) is 9.52. The third-order valence-electron chi connectivity index (χ3n) is 5.97. The van der Waals surface area contributed by atoms with E-state index in [2.05, 4.69) is 4.98 Å². The Hall–Kier alpha value is -3.48. The maximum atomic E-state index is 13.1. The number of benzene rings is 2. The van der Waals surface area contributed by atoms with Crippen LogP contribution in [-0.4, -0.2) is 58.4 Å². The highest BCUT2D eigenvalue weighted by atomic mass is 16.5. The summed E-state index contributed by atoms with van der Waals surface area (Å²) in [5.41, 5.74) is 3.71. The van der Waals surface area contributed by atoms with E-state index >= 15 is 0 Å². The minimum atomic E-state index is -0.558. The fourth-order valence-corrected chi connectivity index (χ4v) is 4.62. The van der Waals surface area contributed by atoms with E-state index < -0.39 is 12.1 Å². The molecule has 148 valence electrons. The van der Waals surface area contributed by atoms with Gasteiger partial charge in [-0.2, -0.15) is 0 Å². The van der Waals surface area contributed by atoms with Gasteiger partial charge in [0, 0.05) is 30.1 Å². The standard InChI is InChI=1S/C22H21N3O4/c1-24-11-19(27)25-16(22(24)28)10-14-13-5-3-4-6-15(13)23-20(14)21(25)12-7-8-17(26)18(9-12)29-2/h3-9,16,21,23,26H,10-11H2,1-2H3/t16-,21-/m0/s1. The molecule has 3 heterocycles. The summed E-state index contributed by atoms with van der Waals surface area (Å²) in [5.74, 6) is 0.200. The maximum Gasteiger partial charge on any atom is 0.245 e. The van der Waals surface area contributed by atoms with Crippen LogP contribution in [0.4, 0.5) is 0 Å². The Morgan fingerprint density at radius 3 is 2.76 bits per heavy atom. The zero-order valence-corrected chi connectivity index (χ0v) is 16.2. The fourth-order valence-electron chi connectivity index (χ4n) is 4.62. The number of likely N-dealkylation sites (N-methyl/N-ethyl adjacent to an activating group) is 1. The quantitative estimate of drug-likeness (QED) is 0.701. The highest BCUT2D eigenvalue weighted by Crippen LogP contribution is 2.43. The van der Waals surface area contributed by atoms with Crippen LogP contribution in [0.15, 0.2) is 42.5 Å². The van der Waals surface area contributed by atoms with Gasteiger partial charge in [0.25, 0.3) is 0 Å². The van der Waals surface area contributed by atoms with Gasteiger partial charge >= 0.3 is 0 Å². The monoisotopic (exact) mass is 391 g/mol. The molecular weight excluding hydrogens is 370 g/mol. The van der Waals surface area contributed by atoms with Gasteiger partial charge in [0.1, 0.15) is 6.04 Å². The molecule has 29 heavy (non-hydrogen) atoms. The molecular formula is C22H21N3O4. The van der Waals surface area contributed by atoms with Crippen molar-refractivity contribution >= 4 is 22.7 Å². The second-order valence-electron chi connectivity index (χ2n) is 7.61. The number of H-pyrrole nitrogens is 1. The van der Waals surface area contributed by atoms with Crippen LogP contribution >= 0.6 is 0 Å². The predicted molar refractivity (Wildman–Crippen MR) is 107 cm³/mol. The summed E-state index contributed by atoms with van der Waals surface area (Å²) in [6, 6.07) is 12.0. The number of ether oxygens (including phenoxy) is 1. The van der Waals surface area contributed by atoms with Crippen LogP contribution < -0.4 is 4.74 Å². The lowest BCUT2D eigenvalue weighted by molar-refractivity contribution is -0.157. The number of phenolic OH excluding ortho intramolecular Hbond substituents is 1. The molecule has 7 heteroatoms.